The molecule has 1 aliphatic rings. The summed E-state index contributed by atoms with van der Waals surface area (Å²) in [5.41, 5.74) is 5.98. The summed E-state index contributed by atoms with van der Waals surface area (Å²) in [5, 5.41) is 0. The van der Waals surface area contributed by atoms with E-state index in [0.29, 0.717) is 12.0 Å². The van der Waals surface area contributed by atoms with Crippen LogP contribution in [0.15, 0.2) is 4.99 Å². The molecule has 1 fully saturated rings. The average Bonchev–Trinajstić information content (AvgIpc) is 2.26. The lowest BCUT2D eigenvalue weighted by atomic mass is 10.2. The van der Waals surface area contributed by atoms with Crippen LogP contribution in [0.1, 0.15) is 27.7 Å². The first kappa shape index (κ1) is 13.3. The van der Waals surface area contributed by atoms with Crippen LogP contribution in [0.2, 0.25) is 0 Å². The Morgan fingerprint density at radius 2 is 1.69 bits per heavy atom. The van der Waals surface area contributed by atoms with Gasteiger partial charge in [-0.15, -0.1) is 0 Å². The largest absolute Gasteiger partial charge is 0.370 e. The van der Waals surface area contributed by atoms with E-state index in [4.69, 9.17) is 5.73 Å². The van der Waals surface area contributed by atoms with Gasteiger partial charge in [-0.1, -0.05) is 13.8 Å². The highest BCUT2D eigenvalue weighted by molar-refractivity contribution is 5.78. The molecule has 1 heterocycles. The monoisotopic (exact) mass is 226 g/mol. The van der Waals surface area contributed by atoms with E-state index in [1.54, 1.807) is 0 Å². The van der Waals surface area contributed by atoms with Crippen LogP contribution in [-0.4, -0.2) is 54.5 Å². The van der Waals surface area contributed by atoms with Crippen molar-refractivity contribution >= 4 is 5.96 Å². The zero-order valence-corrected chi connectivity index (χ0v) is 11.1. The Labute approximate surface area is 99.5 Å². The summed E-state index contributed by atoms with van der Waals surface area (Å²) >= 11 is 0. The molecule has 4 heteroatoms. The molecule has 16 heavy (non-hydrogen) atoms. The van der Waals surface area contributed by atoms with Crippen molar-refractivity contribution in [1.82, 2.24) is 9.80 Å². The van der Waals surface area contributed by atoms with Crippen LogP contribution in [0.25, 0.3) is 0 Å². The van der Waals surface area contributed by atoms with Gasteiger partial charge < -0.3 is 10.6 Å². The molecule has 1 saturated heterocycles. The van der Waals surface area contributed by atoms with Crippen LogP contribution in [0.3, 0.4) is 0 Å². The van der Waals surface area contributed by atoms with E-state index in [2.05, 4.69) is 42.5 Å². The number of piperazine rings is 1. The van der Waals surface area contributed by atoms with Gasteiger partial charge in [0.25, 0.3) is 0 Å². The fraction of sp³-hybridized carbons (Fsp3) is 0.917. The predicted octanol–water partition coefficient (Wildman–Crippen LogP) is 0.983. The van der Waals surface area contributed by atoms with Crippen molar-refractivity contribution in [1.29, 1.82) is 0 Å². The second kappa shape index (κ2) is 6.09. The molecular formula is C12H26N4. The van der Waals surface area contributed by atoms with Gasteiger partial charge in [0, 0.05) is 38.8 Å². The van der Waals surface area contributed by atoms with Crippen LogP contribution < -0.4 is 5.73 Å². The minimum atomic E-state index is 0.579. The Morgan fingerprint density at radius 1 is 1.12 bits per heavy atom. The van der Waals surface area contributed by atoms with E-state index in [9.17, 15) is 0 Å². The Morgan fingerprint density at radius 3 is 2.12 bits per heavy atom. The summed E-state index contributed by atoms with van der Waals surface area (Å²) in [6, 6.07) is 0.635. The molecule has 1 rings (SSSR count). The summed E-state index contributed by atoms with van der Waals surface area (Å²) < 4.78 is 0. The summed E-state index contributed by atoms with van der Waals surface area (Å²) in [7, 11) is 0. The van der Waals surface area contributed by atoms with Crippen molar-refractivity contribution in [3.8, 4) is 0 Å². The molecule has 0 amide bonds. The van der Waals surface area contributed by atoms with Gasteiger partial charge in [0.1, 0.15) is 0 Å². The van der Waals surface area contributed by atoms with E-state index in [1.165, 1.54) is 0 Å². The zero-order chi connectivity index (χ0) is 12.1. The Bertz CT molecular complexity index is 227. The molecule has 0 aromatic carbocycles. The van der Waals surface area contributed by atoms with Crippen molar-refractivity contribution in [3.63, 3.8) is 0 Å². The van der Waals surface area contributed by atoms with Crippen molar-refractivity contribution in [2.45, 2.75) is 33.7 Å². The number of aliphatic imine (C=N–C) groups is 1. The maximum atomic E-state index is 5.98. The Kier molecular flexibility index (Phi) is 5.06. The maximum Gasteiger partial charge on any atom is 0.191 e. The maximum absolute atomic E-state index is 5.98. The fourth-order valence-electron chi connectivity index (χ4n) is 1.84. The van der Waals surface area contributed by atoms with Gasteiger partial charge in [-0.05, 0) is 19.8 Å². The second-order valence-corrected chi connectivity index (χ2v) is 5.21. The summed E-state index contributed by atoms with van der Waals surface area (Å²) in [6.45, 7) is 13.8. The van der Waals surface area contributed by atoms with Crippen LogP contribution >= 0.6 is 0 Å². The molecule has 0 spiro atoms. The van der Waals surface area contributed by atoms with E-state index in [0.717, 1.165) is 38.7 Å². The van der Waals surface area contributed by atoms with Crippen LogP contribution in [0.5, 0.6) is 0 Å². The first-order valence-electron chi connectivity index (χ1n) is 6.29. The lowest BCUT2D eigenvalue weighted by Crippen LogP contribution is -2.52. The molecule has 0 aromatic rings. The molecule has 0 bridgehead atoms. The normalized spacial score (nSPS) is 19.9. The highest BCUT2D eigenvalue weighted by Gasteiger charge is 2.19. The highest BCUT2D eigenvalue weighted by Crippen LogP contribution is 2.05. The van der Waals surface area contributed by atoms with E-state index < -0.39 is 0 Å². The number of hydrogen-bond acceptors (Lipinski definition) is 2. The quantitative estimate of drug-likeness (QED) is 0.576. The summed E-state index contributed by atoms with van der Waals surface area (Å²) in [4.78, 5) is 9.09. The predicted molar refractivity (Wildman–Crippen MR) is 69.6 cm³/mol. The minimum Gasteiger partial charge on any atom is -0.370 e. The van der Waals surface area contributed by atoms with Gasteiger partial charge in [0.05, 0.1) is 0 Å². The SMILES string of the molecule is CC(C)CN=C(N)N1CCN(C(C)C)CC1. The Balaban J connectivity index is 2.38. The number of hydrogen-bond donors (Lipinski definition) is 1. The highest BCUT2D eigenvalue weighted by atomic mass is 15.3. The van der Waals surface area contributed by atoms with Crippen LogP contribution in [-0.2, 0) is 0 Å². The van der Waals surface area contributed by atoms with Crippen LogP contribution in [0, 0.1) is 5.92 Å². The standard InChI is InChI=1S/C12H26N4/c1-10(2)9-14-12(13)16-7-5-15(6-8-16)11(3)4/h10-11H,5-9H2,1-4H3,(H2,13,14). The summed E-state index contributed by atoms with van der Waals surface area (Å²) in [5.74, 6) is 1.30. The van der Waals surface area contributed by atoms with Crippen molar-refractivity contribution in [3.05, 3.63) is 0 Å². The third-order valence-corrected chi connectivity index (χ3v) is 2.99. The minimum absolute atomic E-state index is 0.579. The second-order valence-electron chi connectivity index (χ2n) is 5.21. The molecule has 94 valence electrons. The molecule has 0 atom stereocenters. The van der Waals surface area contributed by atoms with Gasteiger partial charge in [0.15, 0.2) is 5.96 Å². The van der Waals surface area contributed by atoms with E-state index >= 15 is 0 Å². The number of nitrogens with two attached hydrogens (primary N) is 1. The molecule has 0 aliphatic carbocycles. The van der Waals surface area contributed by atoms with Crippen molar-refractivity contribution in [2.24, 2.45) is 16.6 Å². The van der Waals surface area contributed by atoms with Gasteiger partial charge >= 0.3 is 0 Å². The fourth-order valence-corrected chi connectivity index (χ4v) is 1.84. The van der Waals surface area contributed by atoms with E-state index in [-0.39, 0.29) is 0 Å². The molecule has 4 nitrogen and oxygen atoms in total. The molecule has 0 unspecified atom stereocenters. The van der Waals surface area contributed by atoms with Gasteiger partial charge in [0.2, 0.25) is 0 Å². The zero-order valence-electron chi connectivity index (χ0n) is 11.1. The molecule has 2 N–H and O–H groups in total. The lowest BCUT2D eigenvalue weighted by Gasteiger charge is -2.37. The lowest BCUT2D eigenvalue weighted by molar-refractivity contribution is 0.148. The van der Waals surface area contributed by atoms with Crippen molar-refractivity contribution in [2.75, 3.05) is 32.7 Å². The summed E-state index contributed by atoms with van der Waals surface area (Å²) in [6.07, 6.45) is 0. The first-order chi connectivity index (χ1) is 7.50. The van der Waals surface area contributed by atoms with Gasteiger partial charge in [-0.25, -0.2) is 0 Å². The smallest absolute Gasteiger partial charge is 0.191 e. The number of guanidine groups is 1. The number of rotatable bonds is 3. The van der Waals surface area contributed by atoms with Crippen molar-refractivity contribution < 1.29 is 0 Å². The Hall–Kier alpha value is -0.770. The van der Waals surface area contributed by atoms with Gasteiger partial charge in [-0.2, -0.15) is 0 Å². The van der Waals surface area contributed by atoms with Crippen LogP contribution in [0.4, 0.5) is 0 Å². The third-order valence-electron chi connectivity index (χ3n) is 2.99. The molecule has 0 aromatic heterocycles. The van der Waals surface area contributed by atoms with Gasteiger partial charge in [-0.3, -0.25) is 9.89 Å². The molecule has 0 radical (unpaired) electrons. The molecular weight excluding hydrogens is 200 g/mol. The molecule has 0 saturated carbocycles. The first-order valence-corrected chi connectivity index (χ1v) is 6.29. The molecule has 1 aliphatic heterocycles. The third kappa shape index (κ3) is 4.00. The average molecular weight is 226 g/mol. The number of nitrogens with zero attached hydrogens (tertiary/aromatic N) is 3. The topological polar surface area (TPSA) is 44.9 Å². The van der Waals surface area contributed by atoms with E-state index in [1.807, 2.05) is 0 Å².